The fourth-order valence-corrected chi connectivity index (χ4v) is 1.96. The number of hydrogen-bond acceptors (Lipinski definition) is 3. The molecule has 1 heterocycles. The van der Waals surface area contributed by atoms with Crippen molar-refractivity contribution in [1.29, 1.82) is 0 Å². The lowest BCUT2D eigenvalue weighted by molar-refractivity contribution is 0.154. The maximum atomic E-state index is 6.19. The van der Waals surface area contributed by atoms with Crippen LogP contribution in [-0.2, 0) is 10.6 Å². The van der Waals surface area contributed by atoms with Crippen molar-refractivity contribution in [3.05, 3.63) is 22.8 Å². The highest BCUT2D eigenvalue weighted by molar-refractivity contribution is 6.33. The maximum Gasteiger partial charge on any atom is 0.147 e. The molecule has 1 aromatic heterocycles. The highest BCUT2D eigenvalue weighted by atomic mass is 35.5. The summed E-state index contributed by atoms with van der Waals surface area (Å²) in [5, 5.41) is 0.640. The molecule has 17 heavy (non-hydrogen) atoms. The first-order valence-corrected chi connectivity index (χ1v) is 6.67. The number of pyridine rings is 1. The van der Waals surface area contributed by atoms with E-state index < -0.39 is 0 Å². The number of aromatic nitrogens is 1. The van der Waals surface area contributed by atoms with Crippen LogP contribution in [0.5, 0.6) is 0 Å². The Hall–Kier alpha value is -0.510. The van der Waals surface area contributed by atoms with Crippen molar-refractivity contribution >= 4 is 29.0 Å². The SMILES string of the molecule is CCOCCN(CC)c1ncc(CCl)cc1Cl. The molecule has 5 heteroatoms. The second-order valence-corrected chi connectivity index (χ2v) is 4.23. The molecule has 0 aliphatic carbocycles. The zero-order valence-corrected chi connectivity index (χ0v) is 11.8. The fraction of sp³-hybridized carbons (Fsp3) is 0.583. The van der Waals surface area contributed by atoms with Crippen molar-refractivity contribution in [2.75, 3.05) is 31.2 Å². The van der Waals surface area contributed by atoms with E-state index in [0.717, 1.165) is 31.1 Å². The largest absolute Gasteiger partial charge is 0.380 e. The second-order valence-electron chi connectivity index (χ2n) is 3.56. The van der Waals surface area contributed by atoms with E-state index in [4.69, 9.17) is 27.9 Å². The number of likely N-dealkylation sites (N-methyl/N-ethyl adjacent to an activating group) is 1. The minimum atomic E-state index is 0.429. The van der Waals surface area contributed by atoms with Gasteiger partial charge in [-0.2, -0.15) is 0 Å². The summed E-state index contributed by atoms with van der Waals surface area (Å²) < 4.78 is 5.34. The van der Waals surface area contributed by atoms with E-state index in [2.05, 4.69) is 16.8 Å². The van der Waals surface area contributed by atoms with Crippen LogP contribution in [-0.4, -0.2) is 31.3 Å². The molecule has 0 fully saturated rings. The zero-order chi connectivity index (χ0) is 12.7. The van der Waals surface area contributed by atoms with E-state index in [1.54, 1.807) is 6.20 Å². The van der Waals surface area contributed by atoms with E-state index in [-0.39, 0.29) is 0 Å². The number of halogens is 2. The smallest absolute Gasteiger partial charge is 0.147 e. The molecule has 3 nitrogen and oxygen atoms in total. The van der Waals surface area contributed by atoms with Gasteiger partial charge in [0.25, 0.3) is 0 Å². The molecule has 0 saturated heterocycles. The van der Waals surface area contributed by atoms with Gasteiger partial charge in [-0.05, 0) is 25.5 Å². The monoisotopic (exact) mass is 276 g/mol. The standard InChI is InChI=1S/C12H18Cl2N2O/c1-3-16(5-6-17-4-2)12-11(14)7-10(8-13)9-15-12/h7,9H,3-6,8H2,1-2H3. The molecule has 96 valence electrons. The summed E-state index contributed by atoms with van der Waals surface area (Å²) in [5.74, 6) is 1.22. The Kier molecular flexibility index (Phi) is 6.63. The third-order valence-electron chi connectivity index (χ3n) is 2.42. The van der Waals surface area contributed by atoms with Gasteiger partial charge in [-0.3, -0.25) is 0 Å². The number of ether oxygens (including phenoxy) is 1. The first-order valence-electron chi connectivity index (χ1n) is 5.76. The number of anilines is 1. The lowest BCUT2D eigenvalue weighted by Crippen LogP contribution is -2.28. The van der Waals surface area contributed by atoms with E-state index in [0.29, 0.717) is 17.5 Å². The quantitative estimate of drug-likeness (QED) is 0.564. The molecule has 0 aliphatic heterocycles. The summed E-state index contributed by atoms with van der Waals surface area (Å²) in [6, 6.07) is 1.86. The van der Waals surface area contributed by atoms with Crippen LogP contribution in [0.4, 0.5) is 5.82 Å². The molecule has 0 bridgehead atoms. The van der Waals surface area contributed by atoms with Gasteiger partial charge in [0.05, 0.1) is 11.6 Å². The lowest BCUT2D eigenvalue weighted by atomic mass is 10.3. The third kappa shape index (κ3) is 4.34. The normalized spacial score (nSPS) is 10.6. The summed E-state index contributed by atoms with van der Waals surface area (Å²) in [6.45, 7) is 7.09. The highest BCUT2D eigenvalue weighted by Gasteiger charge is 2.10. The third-order valence-corrected chi connectivity index (χ3v) is 3.01. The number of nitrogens with zero attached hydrogens (tertiary/aromatic N) is 2. The first-order chi connectivity index (χ1) is 8.22. The fourth-order valence-electron chi connectivity index (χ4n) is 1.51. The van der Waals surface area contributed by atoms with Gasteiger partial charge in [-0.25, -0.2) is 4.98 Å². The average Bonchev–Trinajstić information content (AvgIpc) is 2.35. The molecule has 0 amide bonds. The Morgan fingerprint density at radius 3 is 2.71 bits per heavy atom. The number of hydrogen-bond donors (Lipinski definition) is 0. The number of rotatable bonds is 7. The molecule has 0 aromatic carbocycles. The van der Waals surface area contributed by atoms with Gasteiger partial charge in [0.1, 0.15) is 5.82 Å². The van der Waals surface area contributed by atoms with Crippen LogP contribution >= 0.6 is 23.2 Å². The van der Waals surface area contributed by atoms with E-state index in [1.165, 1.54) is 0 Å². The summed E-state index contributed by atoms with van der Waals surface area (Å²) in [6.07, 6.45) is 1.76. The Morgan fingerprint density at radius 1 is 1.41 bits per heavy atom. The minimum Gasteiger partial charge on any atom is -0.380 e. The van der Waals surface area contributed by atoms with Crippen LogP contribution in [0, 0.1) is 0 Å². The van der Waals surface area contributed by atoms with Crippen LogP contribution in [0.25, 0.3) is 0 Å². The van der Waals surface area contributed by atoms with Gasteiger partial charge in [-0.15, -0.1) is 11.6 Å². The van der Waals surface area contributed by atoms with E-state index in [1.807, 2.05) is 13.0 Å². The Labute approximate surface area is 113 Å². The molecule has 0 aliphatic rings. The van der Waals surface area contributed by atoms with Crippen molar-refractivity contribution in [3.63, 3.8) is 0 Å². The Morgan fingerprint density at radius 2 is 2.18 bits per heavy atom. The topological polar surface area (TPSA) is 25.4 Å². The van der Waals surface area contributed by atoms with Crippen molar-refractivity contribution in [2.24, 2.45) is 0 Å². The second kappa shape index (κ2) is 7.75. The lowest BCUT2D eigenvalue weighted by Gasteiger charge is -2.22. The molecule has 0 atom stereocenters. The van der Waals surface area contributed by atoms with Crippen molar-refractivity contribution in [2.45, 2.75) is 19.7 Å². The highest BCUT2D eigenvalue weighted by Crippen LogP contribution is 2.24. The zero-order valence-electron chi connectivity index (χ0n) is 10.2. The van der Waals surface area contributed by atoms with Gasteiger partial charge in [0, 0.05) is 31.8 Å². The predicted molar refractivity (Wildman–Crippen MR) is 73.2 cm³/mol. The molecule has 0 spiro atoms. The molecular formula is C12H18Cl2N2O. The summed E-state index contributed by atoms with van der Waals surface area (Å²) in [5.41, 5.74) is 0.932. The van der Waals surface area contributed by atoms with Crippen molar-refractivity contribution < 1.29 is 4.74 Å². The van der Waals surface area contributed by atoms with E-state index >= 15 is 0 Å². The van der Waals surface area contributed by atoms with E-state index in [9.17, 15) is 0 Å². The van der Waals surface area contributed by atoms with Gasteiger partial charge < -0.3 is 9.64 Å². The summed E-state index contributed by atoms with van der Waals surface area (Å²) >= 11 is 11.9. The van der Waals surface area contributed by atoms with Crippen LogP contribution in [0.1, 0.15) is 19.4 Å². The van der Waals surface area contributed by atoms with Gasteiger partial charge >= 0.3 is 0 Å². The van der Waals surface area contributed by atoms with Gasteiger partial charge in [0.2, 0.25) is 0 Å². The predicted octanol–water partition coefficient (Wildman–Crippen LogP) is 3.34. The summed E-state index contributed by atoms with van der Waals surface area (Å²) in [7, 11) is 0. The first kappa shape index (κ1) is 14.6. The van der Waals surface area contributed by atoms with Crippen molar-refractivity contribution in [3.8, 4) is 0 Å². The average molecular weight is 277 g/mol. The molecule has 0 saturated carbocycles. The van der Waals surface area contributed by atoms with Gasteiger partial charge in [0.15, 0.2) is 0 Å². The van der Waals surface area contributed by atoms with Crippen LogP contribution < -0.4 is 4.90 Å². The Bertz CT molecular complexity index is 347. The van der Waals surface area contributed by atoms with Crippen molar-refractivity contribution in [1.82, 2.24) is 4.98 Å². The molecule has 0 radical (unpaired) electrons. The van der Waals surface area contributed by atoms with Crippen LogP contribution in [0.3, 0.4) is 0 Å². The molecule has 0 unspecified atom stereocenters. The summed E-state index contributed by atoms with van der Waals surface area (Å²) in [4.78, 5) is 6.45. The number of alkyl halides is 1. The molecular weight excluding hydrogens is 259 g/mol. The van der Waals surface area contributed by atoms with Crippen LogP contribution in [0.15, 0.2) is 12.3 Å². The molecule has 1 rings (SSSR count). The van der Waals surface area contributed by atoms with Gasteiger partial charge in [-0.1, -0.05) is 11.6 Å². The Balaban J connectivity index is 2.73. The molecule has 0 N–H and O–H groups in total. The van der Waals surface area contributed by atoms with Crippen LogP contribution in [0.2, 0.25) is 5.02 Å². The molecule has 1 aromatic rings. The maximum absolute atomic E-state index is 6.19. The minimum absolute atomic E-state index is 0.429.